The van der Waals surface area contributed by atoms with Crippen LogP contribution < -0.4 is 11.1 Å². The molecule has 0 aliphatic heterocycles. The first-order valence-corrected chi connectivity index (χ1v) is 10.6. The molecule has 0 aromatic rings. The molecule has 0 aliphatic rings. The van der Waals surface area contributed by atoms with Gasteiger partial charge >= 0.3 is 0 Å². The van der Waals surface area contributed by atoms with Gasteiger partial charge in [-0.25, -0.2) is 0 Å². The van der Waals surface area contributed by atoms with Crippen molar-refractivity contribution >= 4 is 0 Å². The Labute approximate surface area is 152 Å². The second-order valence-corrected chi connectivity index (χ2v) is 6.85. The number of unbranched alkanes of at least 4 members (excludes halogenated alkanes) is 12. The topological polar surface area (TPSA) is 38.0 Å². The summed E-state index contributed by atoms with van der Waals surface area (Å²) < 4.78 is 0. The molecule has 0 aromatic heterocycles. The van der Waals surface area contributed by atoms with Crippen LogP contribution in [0.4, 0.5) is 0 Å². The fraction of sp³-hybridized carbons (Fsp3) is 0.818. The van der Waals surface area contributed by atoms with Crippen molar-refractivity contribution in [2.45, 2.75) is 96.8 Å². The normalized spacial score (nSPS) is 11.9. The Bertz CT molecular complexity index is 271. The summed E-state index contributed by atoms with van der Waals surface area (Å²) >= 11 is 0. The predicted octanol–water partition coefficient (Wildman–Crippen LogP) is 6.13. The molecule has 0 unspecified atom stereocenters. The summed E-state index contributed by atoms with van der Waals surface area (Å²) in [5.41, 5.74) is 5.39. The first-order valence-electron chi connectivity index (χ1n) is 10.6. The first kappa shape index (κ1) is 23.4. The van der Waals surface area contributed by atoms with Crippen molar-refractivity contribution in [2.24, 2.45) is 5.73 Å². The van der Waals surface area contributed by atoms with Crippen LogP contribution in [-0.2, 0) is 0 Å². The van der Waals surface area contributed by atoms with Crippen LogP contribution in [0.2, 0.25) is 0 Å². The molecule has 0 atom stereocenters. The van der Waals surface area contributed by atoms with Crippen LogP contribution in [0.3, 0.4) is 0 Å². The summed E-state index contributed by atoms with van der Waals surface area (Å²) in [5.74, 6) is 0. The Balaban J connectivity index is 3.06. The van der Waals surface area contributed by atoms with Gasteiger partial charge in [0.05, 0.1) is 0 Å². The van der Waals surface area contributed by atoms with E-state index in [0.717, 1.165) is 13.1 Å². The van der Waals surface area contributed by atoms with Gasteiger partial charge in [0, 0.05) is 13.1 Å². The van der Waals surface area contributed by atoms with Crippen molar-refractivity contribution in [3.05, 3.63) is 24.3 Å². The Kier molecular flexibility index (Phi) is 21.8. The van der Waals surface area contributed by atoms with Gasteiger partial charge < -0.3 is 11.1 Å². The lowest BCUT2D eigenvalue weighted by atomic mass is 10.1. The molecule has 0 amide bonds. The van der Waals surface area contributed by atoms with Crippen molar-refractivity contribution in [1.29, 1.82) is 0 Å². The van der Waals surface area contributed by atoms with Crippen LogP contribution in [0.5, 0.6) is 0 Å². The first-order chi connectivity index (χ1) is 11.9. The van der Waals surface area contributed by atoms with Gasteiger partial charge in [-0.05, 0) is 38.6 Å². The van der Waals surface area contributed by atoms with Crippen molar-refractivity contribution in [3.63, 3.8) is 0 Å². The number of rotatable bonds is 19. The minimum atomic E-state index is 0.649. The summed E-state index contributed by atoms with van der Waals surface area (Å²) in [6.45, 7) is 5.03. The Morgan fingerprint density at radius 1 is 0.625 bits per heavy atom. The molecule has 0 radical (unpaired) electrons. The van der Waals surface area contributed by atoms with E-state index in [0.29, 0.717) is 6.54 Å². The van der Waals surface area contributed by atoms with Crippen LogP contribution in [0, 0.1) is 0 Å². The van der Waals surface area contributed by atoms with E-state index in [1.165, 1.54) is 89.9 Å². The molecular formula is C22H44N2. The maximum absolute atomic E-state index is 5.39. The van der Waals surface area contributed by atoms with Crippen LogP contribution in [0.25, 0.3) is 0 Å². The van der Waals surface area contributed by atoms with E-state index < -0.39 is 0 Å². The van der Waals surface area contributed by atoms with E-state index >= 15 is 0 Å². The van der Waals surface area contributed by atoms with Crippen LogP contribution in [-0.4, -0.2) is 19.6 Å². The monoisotopic (exact) mass is 336 g/mol. The highest BCUT2D eigenvalue weighted by atomic mass is 14.8. The molecule has 2 nitrogen and oxygen atoms in total. The highest BCUT2D eigenvalue weighted by molar-refractivity contribution is 4.84. The molecule has 3 N–H and O–H groups in total. The zero-order chi connectivity index (χ0) is 17.6. The van der Waals surface area contributed by atoms with Crippen LogP contribution in [0.1, 0.15) is 96.8 Å². The summed E-state index contributed by atoms with van der Waals surface area (Å²) in [5, 5.41) is 3.42. The average Bonchev–Trinajstić information content (AvgIpc) is 2.60. The Morgan fingerprint density at radius 3 is 1.75 bits per heavy atom. The zero-order valence-electron chi connectivity index (χ0n) is 16.4. The average molecular weight is 337 g/mol. The lowest BCUT2D eigenvalue weighted by Gasteiger charge is -2.02. The van der Waals surface area contributed by atoms with Gasteiger partial charge in [-0.3, -0.25) is 0 Å². The molecule has 0 fully saturated rings. The van der Waals surface area contributed by atoms with Gasteiger partial charge in [-0.2, -0.15) is 0 Å². The molecule has 142 valence electrons. The number of nitrogens with two attached hydrogens (primary N) is 1. The summed E-state index contributed by atoms with van der Waals surface area (Å²) in [6, 6.07) is 0. The number of allylic oxidation sites excluding steroid dienone is 2. The van der Waals surface area contributed by atoms with Gasteiger partial charge in [0.1, 0.15) is 0 Å². The molecule has 0 spiro atoms. The number of hydrogen-bond acceptors (Lipinski definition) is 2. The molecule has 0 bridgehead atoms. The van der Waals surface area contributed by atoms with Gasteiger partial charge in [0.15, 0.2) is 0 Å². The lowest BCUT2D eigenvalue weighted by Crippen LogP contribution is -2.15. The molecule has 0 saturated carbocycles. The smallest absolute Gasteiger partial charge is 0.0135 e. The molecule has 0 heterocycles. The quantitative estimate of drug-likeness (QED) is 0.220. The summed E-state index contributed by atoms with van der Waals surface area (Å²) in [6.07, 6.45) is 28.2. The SMILES string of the molecule is CCCCCCCC/C=C\CCCCCCCCNCC=CCN. The third-order valence-corrected chi connectivity index (χ3v) is 4.43. The van der Waals surface area contributed by atoms with E-state index in [1.54, 1.807) is 0 Å². The maximum Gasteiger partial charge on any atom is 0.0135 e. The third-order valence-electron chi connectivity index (χ3n) is 4.43. The largest absolute Gasteiger partial charge is 0.327 e. The van der Waals surface area contributed by atoms with Gasteiger partial charge in [0.25, 0.3) is 0 Å². The van der Waals surface area contributed by atoms with E-state index in [9.17, 15) is 0 Å². The van der Waals surface area contributed by atoms with Crippen molar-refractivity contribution < 1.29 is 0 Å². The standard InChI is InChI=1S/C22H44N2/c1-2-3-4-5-6-7-8-9-10-11-12-13-14-15-16-18-21-24-22-19-17-20-23/h9-10,17,19,24H,2-8,11-16,18,20-23H2,1H3/b10-9-,19-17?. The van der Waals surface area contributed by atoms with Gasteiger partial charge in [0.2, 0.25) is 0 Å². The minimum Gasteiger partial charge on any atom is -0.327 e. The second kappa shape index (κ2) is 22.4. The molecule has 24 heavy (non-hydrogen) atoms. The molecule has 0 saturated heterocycles. The highest BCUT2D eigenvalue weighted by Crippen LogP contribution is 2.09. The van der Waals surface area contributed by atoms with Crippen molar-refractivity contribution in [3.8, 4) is 0 Å². The molecule has 0 aromatic carbocycles. The molecule has 2 heteroatoms. The zero-order valence-corrected chi connectivity index (χ0v) is 16.4. The van der Waals surface area contributed by atoms with E-state index in [-0.39, 0.29) is 0 Å². The van der Waals surface area contributed by atoms with Crippen LogP contribution in [0.15, 0.2) is 24.3 Å². The maximum atomic E-state index is 5.39. The Hall–Kier alpha value is -0.600. The van der Waals surface area contributed by atoms with Crippen molar-refractivity contribution in [1.82, 2.24) is 5.32 Å². The predicted molar refractivity (Wildman–Crippen MR) is 111 cm³/mol. The van der Waals surface area contributed by atoms with E-state index in [2.05, 4.69) is 30.5 Å². The van der Waals surface area contributed by atoms with Crippen LogP contribution >= 0.6 is 0 Å². The fourth-order valence-electron chi connectivity index (χ4n) is 2.86. The molecule has 0 rings (SSSR count). The second-order valence-electron chi connectivity index (χ2n) is 6.85. The summed E-state index contributed by atoms with van der Waals surface area (Å²) in [7, 11) is 0. The number of hydrogen-bond donors (Lipinski definition) is 2. The van der Waals surface area contributed by atoms with Crippen molar-refractivity contribution in [2.75, 3.05) is 19.6 Å². The highest BCUT2D eigenvalue weighted by Gasteiger charge is 1.91. The van der Waals surface area contributed by atoms with Gasteiger partial charge in [-0.1, -0.05) is 89.0 Å². The molecule has 0 aliphatic carbocycles. The molecular weight excluding hydrogens is 292 g/mol. The fourth-order valence-corrected chi connectivity index (χ4v) is 2.86. The number of nitrogens with one attached hydrogen (secondary N) is 1. The lowest BCUT2D eigenvalue weighted by molar-refractivity contribution is 0.577. The van der Waals surface area contributed by atoms with E-state index in [4.69, 9.17) is 5.73 Å². The third kappa shape index (κ3) is 21.4. The Morgan fingerprint density at radius 2 is 1.17 bits per heavy atom. The summed E-state index contributed by atoms with van der Waals surface area (Å²) in [4.78, 5) is 0. The van der Waals surface area contributed by atoms with Gasteiger partial charge in [-0.15, -0.1) is 0 Å². The minimum absolute atomic E-state index is 0.649. The van der Waals surface area contributed by atoms with E-state index in [1.807, 2.05) is 6.08 Å².